The number of pyridine rings is 1. The number of carbonyl (C=O) groups is 1. The predicted octanol–water partition coefficient (Wildman–Crippen LogP) is 4.18. The van der Waals surface area contributed by atoms with Crippen molar-refractivity contribution in [1.82, 2.24) is 4.98 Å². The number of amides is 1. The summed E-state index contributed by atoms with van der Waals surface area (Å²) in [7, 11) is 0. The number of nitriles is 1. The first-order chi connectivity index (χ1) is 12.1. The molecule has 0 spiro atoms. The summed E-state index contributed by atoms with van der Waals surface area (Å²) >= 11 is 1.49. The van der Waals surface area contributed by atoms with Gasteiger partial charge in [-0.25, -0.2) is 4.98 Å². The highest BCUT2D eigenvalue weighted by Gasteiger charge is 2.17. The molecule has 0 unspecified atom stereocenters. The van der Waals surface area contributed by atoms with Crippen molar-refractivity contribution in [2.75, 3.05) is 11.1 Å². The molecule has 3 rings (SSSR count). The van der Waals surface area contributed by atoms with E-state index in [1.54, 1.807) is 0 Å². The number of hydrogen-bond acceptors (Lipinski definition) is 4. The zero-order valence-corrected chi connectivity index (χ0v) is 15.4. The van der Waals surface area contributed by atoms with Crippen molar-refractivity contribution in [3.63, 3.8) is 0 Å². The van der Waals surface area contributed by atoms with Crippen molar-refractivity contribution in [3.8, 4) is 6.07 Å². The van der Waals surface area contributed by atoms with Gasteiger partial charge in [0.05, 0.1) is 5.56 Å². The second-order valence-corrected chi connectivity index (χ2v) is 7.41. The molecule has 1 aromatic carbocycles. The van der Waals surface area contributed by atoms with E-state index in [1.165, 1.54) is 17.3 Å². The molecule has 1 aliphatic carbocycles. The number of aromatic nitrogens is 1. The van der Waals surface area contributed by atoms with Gasteiger partial charge in [-0.1, -0.05) is 18.2 Å². The Balaban J connectivity index is 1.60. The number of anilines is 1. The molecule has 0 atom stereocenters. The number of thioether (sulfide) groups is 1. The average molecular weight is 351 g/mol. The number of nitrogens with zero attached hydrogens (tertiary/aromatic N) is 2. The van der Waals surface area contributed by atoms with Crippen LogP contribution in [0.4, 0.5) is 5.69 Å². The van der Waals surface area contributed by atoms with Crippen LogP contribution in [0.15, 0.2) is 29.3 Å². The lowest BCUT2D eigenvalue weighted by molar-refractivity contribution is -0.115. The van der Waals surface area contributed by atoms with Crippen molar-refractivity contribution >= 4 is 23.4 Å². The molecule has 4 nitrogen and oxygen atoms in total. The fraction of sp³-hybridized carbons (Fsp3) is 0.350. The third-order valence-electron chi connectivity index (χ3n) is 4.45. The molecule has 0 bridgehead atoms. The molecule has 0 aliphatic heterocycles. The minimum absolute atomic E-state index is 0.00966. The molecule has 1 N–H and O–H groups in total. The van der Waals surface area contributed by atoms with Gasteiger partial charge in [0.1, 0.15) is 11.1 Å². The topological polar surface area (TPSA) is 65.8 Å². The van der Waals surface area contributed by atoms with Gasteiger partial charge in [0.2, 0.25) is 5.91 Å². The zero-order chi connectivity index (χ0) is 17.8. The first-order valence-electron chi connectivity index (χ1n) is 8.50. The number of nitrogens with one attached hydrogen (secondary N) is 1. The summed E-state index contributed by atoms with van der Waals surface area (Å²) in [6, 6.07) is 10.2. The summed E-state index contributed by atoms with van der Waals surface area (Å²) in [4.78, 5) is 16.9. The lowest BCUT2D eigenvalue weighted by Crippen LogP contribution is -2.14. The third-order valence-corrected chi connectivity index (χ3v) is 5.44. The fourth-order valence-electron chi connectivity index (χ4n) is 3.10. The van der Waals surface area contributed by atoms with Gasteiger partial charge in [0.15, 0.2) is 0 Å². The molecule has 1 heterocycles. The normalized spacial score (nSPS) is 12.5. The minimum Gasteiger partial charge on any atom is -0.326 e. The van der Waals surface area contributed by atoms with Gasteiger partial charge >= 0.3 is 0 Å². The number of benzene rings is 1. The van der Waals surface area contributed by atoms with Gasteiger partial charge in [-0.15, -0.1) is 11.8 Å². The minimum atomic E-state index is -0.00966. The van der Waals surface area contributed by atoms with Crippen LogP contribution < -0.4 is 5.32 Å². The number of aryl methyl sites for hydroxylation is 4. The summed E-state index contributed by atoms with van der Waals surface area (Å²) in [5, 5.41) is 13.1. The van der Waals surface area contributed by atoms with Crippen molar-refractivity contribution in [2.45, 2.75) is 44.6 Å². The first kappa shape index (κ1) is 17.5. The van der Waals surface area contributed by atoms with Gasteiger partial charge in [-0.05, 0) is 55.9 Å². The number of hydrogen-bond donors (Lipinski definition) is 1. The average Bonchev–Trinajstić information content (AvgIpc) is 3.04. The highest BCUT2D eigenvalue weighted by atomic mass is 32.2. The fourth-order valence-corrected chi connectivity index (χ4v) is 4.01. The quantitative estimate of drug-likeness (QED) is 0.821. The van der Waals surface area contributed by atoms with Crippen LogP contribution >= 0.6 is 11.8 Å². The Bertz CT molecular complexity index is 835. The number of fused-ring (bicyclic) bond motifs is 1. The van der Waals surface area contributed by atoms with Crippen molar-refractivity contribution in [1.29, 1.82) is 5.26 Å². The maximum atomic E-state index is 12.2. The van der Waals surface area contributed by atoms with Crippen LogP contribution in [-0.2, 0) is 17.6 Å². The Labute approximate surface area is 152 Å². The monoisotopic (exact) mass is 351 g/mol. The molecule has 128 valence electrons. The SMILES string of the molecule is Cc1cccc(C)c1NC(=O)CCSc1nc2c(cc1C#N)CCC2. The Hall–Kier alpha value is -2.32. The maximum Gasteiger partial charge on any atom is 0.225 e. The Morgan fingerprint density at radius 2 is 2.08 bits per heavy atom. The summed E-state index contributed by atoms with van der Waals surface area (Å²) in [5.74, 6) is 0.599. The summed E-state index contributed by atoms with van der Waals surface area (Å²) < 4.78 is 0. The summed E-state index contributed by atoms with van der Waals surface area (Å²) in [6.07, 6.45) is 3.50. The summed E-state index contributed by atoms with van der Waals surface area (Å²) in [6.45, 7) is 3.98. The molecule has 5 heteroatoms. The standard InChI is InChI=1S/C20H21N3OS/c1-13-5-3-6-14(2)19(13)23-18(24)9-10-25-20-16(12-21)11-15-7-4-8-17(15)22-20/h3,5-6,11H,4,7-10H2,1-2H3,(H,23,24). The van der Waals surface area contributed by atoms with Crippen LogP contribution in [0, 0.1) is 25.2 Å². The van der Waals surface area contributed by atoms with Gasteiger partial charge in [0, 0.05) is 23.6 Å². The molecule has 0 saturated carbocycles. The molecule has 1 amide bonds. The highest BCUT2D eigenvalue weighted by Crippen LogP contribution is 2.28. The summed E-state index contributed by atoms with van der Waals surface area (Å²) in [5.41, 5.74) is 5.96. The van der Waals surface area contributed by atoms with E-state index >= 15 is 0 Å². The van der Waals surface area contributed by atoms with Gasteiger partial charge in [0.25, 0.3) is 0 Å². The molecule has 0 saturated heterocycles. The van der Waals surface area contributed by atoms with Crippen LogP contribution in [-0.4, -0.2) is 16.6 Å². The molecule has 0 fully saturated rings. The van der Waals surface area contributed by atoms with E-state index in [0.29, 0.717) is 17.7 Å². The Morgan fingerprint density at radius 1 is 1.32 bits per heavy atom. The van der Waals surface area contributed by atoms with Crippen LogP contribution in [0.1, 0.15) is 40.8 Å². The van der Waals surface area contributed by atoms with E-state index in [0.717, 1.165) is 46.8 Å². The lowest BCUT2D eigenvalue weighted by atomic mass is 10.1. The van der Waals surface area contributed by atoms with E-state index in [-0.39, 0.29) is 5.91 Å². The largest absolute Gasteiger partial charge is 0.326 e. The molecule has 0 radical (unpaired) electrons. The zero-order valence-electron chi connectivity index (χ0n) is 14.6. The maximum absolute atomic E-state index is 12.2. The van der Waals surface area contributed by atoms with Gasteiger partial charge in [-0.3, -0.25) is 4.79 Å². The van der Waals surface area contributed by atoms with E-state index in [1.807, 2.05) is 38.1 Å². The number of para-hydroxylation sites is 1. The van der Waals surface area contributed by atoms with Crippen LogP contribution in [0.25, 0.3) is 0 Å². The predicted molar refractivity (Wildman–Crippen MR) is 101 cm³/mol. The molecule has 2 aromatic rings. The van der Waals surface area contributed by atoms with E-state index < -0.39 is 0 Å². The van der Waals surface area contributed by atoms with Crippen LogP contribution in [0.3, 0.4) is 0 Å². The Morgan fingerprint density at radius 3 is 2.80 bits per heavy atom. The lowest BCUT2D eigenvalue weighted by Gasteiger charge is -2.11. The number of rotatable bonds is 5. The smallest absolute Gasteiger partial charge is 0.225 e. The second kappa shape index (κ2) is 7.71. The third kappa shape index (κ3) is 4.02. The van der Waals surface area contributed by atoms with Gasteiger partial charge in [-0.2, -0.15) is 5.26 Å². The van der Waals surface area contributed by atoms with Crippen LogP contribution in [0.2, 0.25) is 0 Å². The van der Waals surface area contributed by atoms with Crippen LogP contribution in [0.5, 0.6) is 0 Å². The number of carbonyl (C=O) groups excluding carboxylic acids is 1. The first-order valence-corrected chi connectivity index (χ1v) is 9.49. The molecular weight excluding hydrogens is 330 g/mol. The van der Waals surface area contributed by atoms with E-state index in [4.69, 9.17) is 0 Å². The van der Waals surface area contributed by atoms with E-state index in [2.05, 4.69) is 16.4 Å². The highest BCUT2D eigenvalue weighted by molar-refractivity contribution is 7.99. The van der Waals surface area contributed by atoms with Crippen molar-refractivity contribution in [2.24, 2.45) is 0 Å². The second-order valence-electron chi connectivity index (χ2n) is 6.33. The van der Waals surface area contributed by atoms with E-state index in [9.17, 15) is 10.1 Å². The molecular formula is C20H21N3OS. The molecule has 1 aliphatic rings. The molecule has 25 heavy (non-hydrogen) atoms. The van der Waals surface area contributed by atoms with Crippen molar-refractivity contribution < 1.29 is 4.79 Å². The van der Waals surface area contributed by atoms with Gasteiger partial charge < -0.3 is 5.32 Å². The Kier molecular flexibility index (Phi) is 5.40. The molecule has 1 aromatic heterocycles. The van der Waals surface area contributed by atoms with Crippen molar-refractivity contribution in [3.05, 3.63) is 52.2 Å².